The maximum atomic E-state index is 11.8. The van der Waals surface area contributed by atoms with E-state index in [1.807, 2.05) is 29.2 Å². The number of thioether (sulfide) groups is 1. The lowest BCUT2D eigenvalue weighted by Gasteiger charge is -2.35. The Hall–Kier alpha value is -1.20. The molecule has 3 N–H and O–H groups in total. The van der Waals surface area contributed by atoms with Crippen molar-refractivity contribution >= 4 is 17.8 Å². The SMILES string of the molecule is CC(O)c1ccccc1SCCCN(C(N)=O)[C@H]1CC[C@H](C)CC1. The van der Waals surface area contributed by atoms with Crippen molar-refractivity contribution in [2.75, 3.05) is 12.3 Å². The van der Waals surface area contributed by atoms with Gasteiger partial charge in [0.1, 0.15) is 0 Å². The molecule has 1 aromatic rings. The molecule has 24 heavy (non-hydrogen) atoms. The van der Waals surface area contributed by atoms with E-state index < -0.39 is 6.10 Å². The first kappa shape index (κ1) is 19.1. The summed E-state index contributed by atoms with van der Waals surface area (Å²) in [6.45, 7) is 4.79. The van der Waals surface area contributed by atoms with E-state index in [-0.39, 0.29) is 6.03 Å². The summed E-state index contributed by atoms with van der Waals surface area (Å²) < 4.78 is 0. The number of primary amides is 1. The number of hydrogen-bond donors (Lipinski definition) is 2. The third kappa shape index (κ3) is 5.42. The van der Waals surface area contributed by atoms with E-state index in [0.717, 1.165) is 47.9 Å². The van der Waals surface area contributed by atoms with Crippen molar-refractivity contribution in [1.82, 2.24) is 4.90 Å². The average Bonchev–Trinajstić information content (AvgIpc) is 2.56. The molecule has 2 amide bonds. The van der Waals surface area contributed by atoms with Crippen molar-refractivity contribution in [3.8, 4) is 0 Å². The van der Waals surface area contributed by atoms with Gasteiger partial charge >= 0.3 is 6.03 Å². The van der Waals surface area contributed by atoms with E-state index in [4.69, 9.17) is 5.73 Å². The first-order valence-corrected chi connectivity index (χ1v) is 9.93. The van der Waals surface area contributed by atoms with Crippen LogP contribution in [0.15, 0.2) is 29.2 Å². The number of benzene rings is 1. The zero-order chi connectivity index (χ0) is 17.5. The van der Waals surface area contributed by atoms with Crippen molar-refractivity contribution < 1.29 is 9.90 Å². The molecular weight excluding hydrogens is 320 g/mol. The summed E-state index contributed by atoms with van der Waals surface area (Å²) in [5.74, 6) is 1.68. The van der Waals surface area contributed by atoms with Gasteiger partial charge in [0.05, 0.1) is 6.10 Å². The first-order chi connectivity index (χ1) is 11.5. The van der Waals surface area contributed by atoms with E-state index in [0.29, 0.717) is 6.04 Å². The number of hydrogen-bond acceptors (Lipinski definition) is 3. The number of carbonyl (C=O) groups excluding carboxylic acids is 1. The standard InChI is InChI=1S/C19H30N2O2S/c1-14-8-10-16(11-9-14)21(19(20)23)12-5-13-24-18-7-4-3-6-17(18)15(2)22/h3-4,6-7,14-16,22H,5,8-13H2,1-2H3,(H2,20,23)/t14-,15?,16-. The van der Waals surface area contributed by atoms with Gasteiger partial charge in [0.2, 0.25) is 0 Å². The van der Waals surface area contributed by atoms with Crippen molar-refractivity contribution in [2.45, 2.75) is 63.0 Å². The van der Waals surface area contributed by atoms with Gasteiger partial charge in [0.15, 0.2) is 0 Å². The molecule has 1 aromatic carbocycles. The predicted molar refractivity (Wildman–Crippen MR) is 100 cm³/mol. The lowest BCUT2D eigenvalue weighted by Crippen LogP contribution is -2.45. The van der Waals surface area contributed by atoms with Crippen LogP contribution in [0.4, 0.5) is 4.79 Å². The number of nitrogens with zero attached hydrogens (tertiary/aromatic N) is 1. The molecule has 0 bridgehead atoms. The monoisotopic (exact) mass is 350 g/mol. The Morgan fingerprint density at radius 3 is 2.62 bits per heavy atom. The van der Waals surface area contributed by atoms with Crippen molar-refractivity contribution in [3.63, 3.8) is 0 Å². The van der Waals surface area contributed by atoms with Crippen LogP contribution >= 0.6 is 11.8 Å². The summed E-state index contributed by atoms with van der Waals surface area (Å²) in [6, 6.07) is 7.97. The van der Waals surface area contributed by atoms with Crippen LogP contribution in [-0.2, 0) is 0 Å². The van der Waals surface area contributed by atoms with Crippen molar-refractivity contribution in [1.29, 1.82) is 0 Å². The van der Waals surface area contributed by atoms with Crippen LogP contribution in [-0.4, -0.2) is 34.4 Å². The molecule has 0 spiro atoms. The second-order valence-corrected chi connectivity index (χ2v) is 8.00. The lowest BCUT2D eigenvalue weighted by molar-refractivity contribution is 0.153. The first-order valence-electron chi connectivity index (χ1n) is 8.95. The van der Waals surface area contributed by atoms with Crippen LogP contribution in [0.2, 0.25) is 0 Å². The molecule has 4 nitrogen and oxygen atoms in total. The Balaban J connectivity index is 1.82. The smallest absolute Gasteiger partial charge is 0.315 e. The number of nitrogens with two attached hydrogens (primary N) is 1. The second kappa shape index (κ2) is 9.33. The van der Waals surface area contributed by atoms with E-state index in [1.165, 1.54) is 12.8 Å². The van der Waals surface area contributed by atoms with Crippen LogP contribution in [0.25, 0.3) is 0 Å². The summed E-state index contributed by atoms with van der Waals surface area (Å²) in [4.78, 5) is 14.8. The lowest BCUT2D eigenvalue weighted by atomic mass is 9.86. The highest BCUT2D eigenvalue weighted by Crippen LogP contribution is 2.29. The van der Waals surface area contributed by atoms with E-state index in [2.05, 4.69) is 6.92 Å². The number of aliphatic hydroxyl groups is 1. The molecule has 1 aliphatic rings. The van der Waals surface area contributed by atoms with Crippen LogP contribution in [0.5, 0.6) is 0 Å². The molecule has 1 saturated carbocycles. The molecule has 2 rings (SSSR count). The van der Waals surface area contributed by atoms with Crippen LogP contribution in [0, 0.1) is 5.92 Å². The zero-order valence-electron chi connectivity index (χ0n) is 14.8. The highest BCUT2D eigenvalue weighted by molar-refractivity contribution is 7.99. The average molecular weight is 351 g/mol. The molecule has 1 atom stereocenters. The zero-order valence-corrected chi connectivity index (χ0v) is 15.6. The molecule has 0 saturated heterocycles. The van der Waals surface area contributed by atoms with Gasteiger partial charge in [0.25, 0.3) is 0 Å². The number of rotatable bonds is 7. The fourth-order valence-electron chi connectivity index (χ4n) is 3.40. The highest BCUT2D eigenvalue weighted by Gasteiger charge is 2.25. The van der Waals surface area contributed by atoms with Gasteiger partial charge < -0.3 is 15.7 Å². The second-order valence-electron chi connectivity index (χ2n) is 6.86. The summed E-state index contributed by atoms with van der Waals surface area (Å²) in [7, 11) is 0. The fourth-order valence-corrected chi connectivity index (χ4v) is 4.47. The minimum Gasteiger partial charge on any atom is -0.389 e. The summed E-state index contributed by atoms with van der Waals surface area (Å²) in [5.41, 5.74) is 6.57. The summed E-state index contributed by atoms with van der Waals surface area (Å²) in [6.07, 6.45) is 4.97. The van der Waals surface area contributed by atoms with Crippen LogP contribution < -0.4 is 5.73 Å². The maximum absolute atomic E-state index is 11.8. The van der Waals surface area contributed by atoms with Crippen LogP contribution in [0.3, 0.4) is 0 Å². The molecule has 0 aliphatic heterocycles. The summed E-state index contributed by atoms with van der Waals surface area (Å²) >= 11 is 1.74. The van der Waals surface area contributed by atoms with Gasteiger partial charge in [-0.15, -0.1) is 11.8 Å². The highest BCUT2D eigenvalue weighted by atomic mass is 32.2. The number of carbonyl (C=O) groups is 1. The number of aliphatic hydroxyl groups excluding tert-OH is 1. The third-order valence-electron chi connectivity index (χ3n) is 4.88. The van der Waals surface area contributed by atoms with Gasteiger partial charge in [-0.1, -0.05) is 25.1 Å². The Bertz CT molecular complexity index is 528. The molecule has 0 heterocycles. The van der Waals surface area contributed by atoms with E-state index >= 15 is 0 Å². The Kier molecular flexibility index (Phi) is 7.43. The van der Waals surface area contributed by atoms with Crippen molar-refractivity contribution in [2.24, 2.45) is 11.7 Å². The number of urea groups is 1. The Morgan fingerprint density at radius 1 is 1.33 bits per heavy atom. The van der Waals surface area contributed by atoms with Gasteiger partial charge in [0, 0.05) is 17.5 Å². The third-order valence-corrected chi connectivity index (χ3v) is 6.05. The molecule has 1 unspecified atom stereocenters. The Labute approximate surface area is 149 Å². The normalized spacial score (nSPS) is 22.1. The molecular formula is C19H30N2O2S. The Morgan fingerprint density at radius 2 is 2.00 bits per heavy atom. The molecule has 5 heteroatoms. The fraction of sp³-hybridized carbons (Fsp3) is 0.632. The van der Waals surface area contributed by atoms with Crippen LogP contribution in [0.1, 0.15) is 57.6 Å². The predicted octanol–water partition coefficient (Wildman–Crippen LogP) is 4.18. The molecule has 134 valence electrons. The minimum atomic E-state index is -0.458. The summed E-state index contributed by atoms with van der Waals surface area (Å²) in [5, 5.41) is 9.83. The molecule has 0 aromatic heterocycles. The van der Waals surface area contributed by atoms with Gasteiger partial charge in [-0.3, -0.25) is 0 Å². The molecule has 0 radical (unpaired) electrons. The van der Waals surface area contributed by atoms with Gasteiger partial charge in [-0.2, -0.15) is 0 Å². The largest absolute Gasteiger partial charge is 0.389 e. The topological polar surface area (TPSA) is 66.6 Å². The maximum Gasteiger partial charge on any atom is 0.315 e. The molecule has 1 aliphatic carbocycles. The van der Waals surface area contributed by atoms with Crippen molar-refractivity contribution in [3.05, 3.63) is 29.8 Å². The van der Waals surface area contributed by atoms with E-state index in [9.17, 15) is 9.90 Å². The van der Waals surface area contributed by atoms with E-state index in [1.54, 1.807) is 18.7 Å². The quantitative estimate of drug-likeness (QED) is 0.572. The number of amides is 2. The van der Waals surface area contributed by atoms with Gasteiger partial charge in [-0.05, 0) is 62.3 Å². The van der Waals surface area contributed by atoms with Gasteiger partial charge in [-0.25, -0.2) is 4.79 Å². The molecule has 1 fully saturated rings. The minimum absolute atomic E-state index is 0.288.